The monoisotopic (exact) mass is 277 g/mol. The van der Waals surface area contributed by atoms with Crippen molar-refractivity contribution in [3.63, 3.8) is 0 Å². The van der Waals surface area contributed by atoms with E-state index >= 15 is 0 Å². The Balaban J connectivity index is 2.09. The molecular weight excluding hydrogens is 254 g/mol. The van der Waals surface area contributed by atoms with E-state index in [2.05, 4.69) is 4.98 Å². The van der Waals surface area contributed by atoms with E-state index in [-0.39, 0.29) is 12.0 Å². The standard InChI is InChI=1S/C15H23N3O2/c1-11(2)20-13-4-3-7-17-14(13)15(19)18-8-5-12(10-16)6-9-18/h3-4,7,11-12H,5-6,8-10,16H2,1-2H3. The summed E-state index contributed by atoms with van der Waals surface area (Å²) in [6, 6.07) is 3.59. The van der Waals surface area contributed by atoms with Gasteiger partial charge in [0.2, 0.25) is 0 Å². The van der Waals surface area contributed by atoms with E-state index in [0.29, 0.717) is 23.9 Å². The minimum absolute atomic E-state index is 0.0220. The van der Waals surface area contributed by atoms with Gasteiger partial charge < -0.3 is 15.4 Å². The first kappa shape index (κ1) is 14.8. The normalized spacial score (nSPS) is 16.5. The van der Waals surface area contributed by atoms with E-state index in [1.807, 2.05) is 18.7 Å². The van der Waals surface area contributed by atoms with Crippen LogP contribution in [0.3, 0.4) is 0 Å². The number of hydrogen-bond donors (Lipinski definition) is 1. The number of rotatable bonds is 4. The van der Waals surface area contributed by atoms with Gasteiger partial charge in [0.25, 0.3) is 5.91 Å². The van der Waals surface area contributed by atoms with Gasteiger partial charge in [-0.05, 0) is 51.3 Å². The summed E-state index contributed by atoms with van der Waals surface area (Å²) in [5, 5.41) is 0. The van der Waals surface area contributed by atoms with Crippen molar-refractivity contribution in [2.75, 3.05) is 19.6 Å². The molecule has 5 nitrogen and oxygen atoms in total. The third-order valence-corrected chi connectivity index (χ3v) is 3.57. The van der Waals surface area contributed by atoms with Gasteiger partial charge in [0.15, 0.2) is 11.4 Å². The van der Waals surface area contributed by atoms with E-state index in [4.69, 9.17) is 10.5 Å². The fourth-order valence-corrected chi connectivity index (χ4v) is 2.42. The summed E-state index contributed by atoms with van der Waals surface area (Å²) in [5.41, 5.74) is 6.09. The molecule has 110 valence electrons. The molecule has 0 saturated carbocycles. The van der Waals surface area contributed by atoms with Crippen molar-refractivity contribution >= 4 is 5.91 Å². The Morgan fingerprint density at radius 2 is 2.20 bits per heavy atom. The Morgan fingerprint density at radius 1 is 1.50 bits per heavy atom. The Morgan fingerprint density at radius 3 is 2.80 bits per heavy atom. The van der Waals surface area contributed by atoms with Crippen LogP contribution in [0, 0.1) is 5.92 Å². The topological polar surface area (TPSA) is 68.5 Å². The summed E-state index contributed by atoms with van der Waals surface area (Å²) in [4.78, 5) is 18.6. The highest BCUT2D eigenvalue weighted by atomic mass is 16.5. The molecule has 20 heavy (non-hydrogen) atoms. The minimum atomic E-state index is -0.0447. The van der Waals surface area contributed by atoms with Crippen LogP contribution < -0.4 is 10.5 Å². The second-order valence-electron chi connectivity index (χ2n) is 5.49. The lowest BCUT2D eigenvalue weighted by Crippen LogP contribution is -2.40. The Labute approximate surface area is 120 Å². The van der Waals surface area contributed by atoms with Crippen molar-refractivity contribution in [2.24, 2.45) is 11.7 Å². The van der Waals surface area contributed by atoms with Crippen LogP contribution in [0.25, 0.3) is 0 Å². The van der Waals surface area contributed by atoms with Crippen LogP contribution in [0.5, 0.6) is 5.75 Å². The van der Waals surface area contributed by atoms with Crippen LogP contribution >= 0.6 is 0 Å². The van der Waals surface area contributed by atoms with Crippen molar-refractivity contribution in [1.82, 2.24) is 9.88 Å². The first-order valence-electron chi connectivity index (χ1n) is 7.22. The fourth-order valence-electron chi connectivity index (χ4n) is 2.42. The molecule has 0 unspecified atom stereocenters. The number of hydrogen-bond acceptors (Lipinski definition) is 4. The molecule has 1 saturated heterocycles. The van der Waals surface area contributed by atoms with Gasteiger partial charge in [-0.1, -0.05) is 0 Å². The molecule has 0 atom stereocenters. The third-order valence-electron chi connectivity index (χ3n) is 3.57. The van der Waals surface area contributed by atoms with E-state index in [1.54, 1.807) is 18.3 Å². The summed E-state index contributed by atoms with van der Waals surface area (Å²) >= 11 is 0. The molecule has 2 rings (SSSR count). The molecule has 0 bridgehead atoms. The average Bonchev–Trinajstić information content (AvgIpc) is 2.46. The molecule has 1 aliphatic heterocycles. The number of amides is 1. The maximum atomic E-state index is 12.5. The first-order chi connectivity index (χ1) is 9.61. The molecule has 2 N–H and O–H groups in total. The summed E-state index contributed by atoms with van der Waals surface area (Å²) < 4.78 is 5.67. The lowest BCUT2D eigenvalue weighted by Gasteiger charge is -2.31. The molecule has 0 aromatic carbocycles. The fraction of sp³-hybridized carbons (Fsp3) is 0.600. The van der Waals surface area contributed by atoms with Gasteiger partial charge in [-0.2, -0.15) is 0 Å². The lowest BCUT2D eigenvalue weighted by atomic mass is 9.97. The number of ether oxygens (including phenoxy) is 1. The Bertz CT molecular complexity index is 454. The van der Waals surface area contributed by atoms with Crippen LogP contribution in [-0.4, -0.2) is 41.5 Å². The summed E-state index contributed by atoms with van der Waals surface area (Å²) in [7, 11) is 0. The van der Waals surface area contributed by atoms with Crippen LogP contribution in [0.15, 0.2) is 18.3 Å². The molecule has 0 spiro atoms. The largest absolute Gasteiger partial charge is 0.489 e. The van der Waals surface area contributed by atoms with Gasteiger partial charge in [-0.25, -0.2) is 4.98 Å². The van der Waals surface area contributed by atoms with Crippen LogP contribution in [0.4, 0.5) is 0 Å². The zero-order chi connectivity index (χ0) is 14.5. The third kappa shape index (κ3) is 3.48. The molecular formula is C15H23N3O2. The Hall–Kier alpha value is -1.62. The SMILES string of the molecule is CC(C)Oc1cccnc1C(=O)N1CCC(CN)CC1. The maximum absolute atomic E-state index is 12.5. The number of likely N-dealkylation sites (tertiary alicyclic amines) is 1. The number of carbonyl (C=O) groups is 1. The highest BCUT2D eigenvalue weighted by molar-refractivity contribution is 5.95. The zero-order valence-corrected chi connectivity index (χ0v) is 12.2. The van der Waals surface area contributed by atoms with E-state index in [1.165, 1.54) is 0 Å². The number of piperidine rings is 1. The highest BCUT2D eigenvalue weighted by Crippen LogP contribution is 2.22. The van der Waals surface area contributed by atoms with Crippen molar-refractivity contribution < 1.29 is 9.53 Å². The van der Waals surface area contributed by atoms with Gasteiger partial charge in [0, 0.05) is 19.3 Å². The number of aromatic nitrogens is 1. The van der Waals surface area contributed by atoms with Crippen molar-refractivity contribution in [3.05, 3.63) is 24.0 Å². The molecule has 0 aliphatic carbocycles. The van der Waals surface area contributed by atoms with E-state index < -0.39 is 0 Å². The maximum Gasteiger partial charge on any atom is 0.276 e. The highest BCUT2D eigenvalue weighted by Gasteiger charge is 2.25. The molecule has 1 fully saturated rings. The van der Waals surface area contributed by atoms with E-state index in [9.17, 15) is 4.79 Å². The molecule has 1 amide bonds. The second kappa shape index (κ2) is 6.70. The van der Waals surface area contributed by atoms with Gasteiger partial charge in [0.1, 0.15) is 0 Å². The number of nitrogens with two attached hydrogens (primary N) is 1. The van der Waals surface area contributed by atoms with Crippen LogP contribution in [0.2, 0.25) is 0 Å². The number of nitrogens with zero attached hydrogens (tertiary/aromatic N) is 2. The van der Waals surface area contributed by atoms with E-state index in [0.717, 1.165) is 25.9 Å². The smallest absolute Gasteiger partial charge is 0.276 e. The first-order valence-corrected chi connectivity index (χ1v) is 7.22. The quantitative estimate of drug-likeness (QED) is 0.909. The molecule has 1 aromatic rings. The van der Waals surface area contributed by atoms with Gasteiger partial charge in [-0.15, -0.1) is 0 Å². The molecule has 1 aliphatic rings. The van der Waals surface area contributed by atoms with Gasteiger partial charge >= 0.3 is 0 Å². The zero-order valence-electron chi connectivity index (χ0n) is 12.2. The predicted octanol–water partition coefficient (Wildman–Crippen LogP) is 1.68. The minimum Gasteiger partial charge on any atom is -0.489 e. The summed E-state index contributed by atoms with van der Waals surface area (Å²) in [6.45, 7) is 6.08. The van der Waals surface area contributed by atoms with Gasteiger partial charge in [0.05, 0.1) is 6.10 Å². The molecule has 2 heterocycles. The molecule has 5 heteroatoms. The second-order valence-corrected chi connectivity index (χ2v) is 5.49. The average molecular weight is 277 g/mol. The Kier molecular flexibility index (Phi) is 4.95. The van der Waals surface area contributed by atoms with Crippen molar-refractivity contribution in [1.29, 1.82) is 0 Å². The van der Waals surface area contributed by atoms with Crippen LogP contribution in [0.1, 0.15) is 37.2 Å². The summed E-state index contributed by atoms with van der Waals surface area (Å²) in [5.74, 6) is 1.05. The van der Waals surface area contributed by atoms with Gasteiger partial charge in [-0.3, -0.25) is 4.79 Å². The number of carbonyl (C=O) groups excluding carboxylic acids is 1. The molecule has 1 aromatic heterocycles. The number of pyridine rings is 1. The van der Waals surface area contributed by atoms with Crippen molar-refractivity contribution in [3.8, 4) is 5.75 Å². The summed E-state index contributed by atoms with van der Waals surface area (Å²) in [6.07, 6.45) is 3.59. The molecule has 0 radical (unpaired) electrons. The van der Waals surface area contributed by atoms with Crippen LogP contribution in [-0.2, 0) is 0 Å². The van der Waals surface area contributed by atoms with Crippen molar-refractivity contribution in [2.45, 2.75) is 32.8 Å². The lowest BCUT2D eigenvalue weighted by molar-refractivity contribution is 0.0681. The predicted molar refractivity (Wildman–Crippen MR) is 77.7 cm³/mol.